The quantitative estimate of drug-likeness (QED) is 0.806. The molecular formula is C17H16N2O2S. The number of aryl methyl sites for hydroxylation is 1. The first-order valence-electron chi connectivity index (χ1n) is 6.99. The van der Waals surface area contributed by atoms with E-state index in [1.54, 1.807) is 12.3 Å². The van der Waals surface area contributed by atoms with E-state index in [0.717, 1.165) is 21.5 Å². The summed E-state index contributed by atoms with van der Waals surface area (Å²) in [7, 11) is 0. The van der Waals surface area contributed by atoms with Crippen molar-refractivity contribution in [2.75, 3.05) is 5.32 Å². The van der Waals surface area contributed by atoms with Crippen molar-refractivity contribution >= 4 is 33.0 Å². The molecule has 0 unspecified atom stereocenters. The molecular weight excluding hydrogens is 296 g/mol. The van der Waals surface area contributed by atoms with E-state index in [9.17, 15) is 9.59 Å². The molecule has 2 aromatic heterocycles. The summed E-state index contributed by atoms with van der Waals surface area (Å²) in [5, 5.41) is 5.41. The van der Waals surface area contributed by atoms with Gasteiger partial charge in [-0.3, -0.25) is 9.59 Å². The van der Waals surface area contributed by atoms with E-state index in [1.165, 1.54) is 15.9 Å². The smallest absolute Gasteiger partial charge is 0.259 e. The zero-order valence-corrected chi connectivity index (χ0v) is 13.2. The van der Waals surface area contributed by atoms with Gasteiger partial charge in [-0.25, -0.2) is 0 Å². The van der Waals surface area contributed by atoms with Crippen molar-refractivity contribution < 1.29 is 4.79 Å². The summed E-state index contributed by atoms with van der Waals surface area (Å²) < 4.78 is 2.38. The minimum absolute atomic E-state index is 0.0119. The number of aromatic nitrogens is 1. The summed E-state index contributed by atoms with van der Waals surface area (Å²) >= 11 is 1.52. The highest BCUT2D eigenvalue weighted by atomic mass is 32.1. The van der Waals surface area contributed by atoms with Gasteiger partial charge in [-0.15, -0.1) is 11.3 Å². The third-order valence-electron chi connectivity index (χ3n) is 3.78. The van der Waals surface area contributed by atoms with Crippen molar-refractivity contribution in [2.24, 2.45) is 0 Å². The van der Waals surface area contributed by atoms with E-state index in [4.69, 9.17) is 0 Å². The Kier molecular flexibility index (Phi) is 3.81. The van der Waals surface area contributed by atoms with E-state index in [0.29, 0.717) is 5.39 Å². The number of hydrogen-bond donors (Lipinski definition) is 1. The monoisotopic (exact) mass is 312 g/mol. The largest absolute Gasteiger partial charge is 0.324 e. The molecule has 1 amide bonds. The van der Waals surface area contributed by atoms with Crippen molar-refractivity contribution in [3.8, 4) is 0 Å². The molecule has 0 radical (unpaired) electrons. The first-order valence-corrected chi connectivity index (χ1v) is 7.87. The van der Waals surface area contributed by atoms with Crippen LogP contribution in [0.25, 0.3) is 10.1 Å². The van der Waals surface area contributed by atoms with E-state index >= 15 is 0 Å². The average molecular weight is 312 g/mol. The standard InChI is InChI=1S/C17H16N2O2S/c1-11-4-3-5-14(12(11)2)18-16(20)10-19-8-6-15-13(17(19)21)7-9-22-15/h3-9H,10H2,1-2H3,(H,18,20). The lowest BCUT2D eigenvalue weighted by atomic mass is 10.1. The third kappa shape index (κ3) is 2.67. The van der Waals surface area contributed by atoms with Crippen LogP contribution in [0.15, 0.2) is 46.7 Å². The van der Waals surface area contributed by atoms with Crippen LogP contribution in [0, 0.1) is 13.8 Å². The van der Waals surface area contributed by atoms with Crippen LogP contribution >= 0.6 is 11.3 Å². The SMILES string of the molecule is Cc1cccc(NC(=O)Cn2ccc3sccc3c2=O)c1C. The number of anilines is 1. The fraction of sp³-hybridized carbons (Fsp3) is 0.176. The zero-order chi connectivity index (χ0) is 15.7. The van der Waals surface area contributed by atoms with E-state index in [2.05, 4.69) is 5.32 Å². The second kappa shape index (κ2) is 5.77. The predicted octanol–water partition coefficient (Wildman–Crippen LogP) is 3.32. The topological polar surface area (TPSA) is 51.1 Å². The number of fused-ring (bicyclic) bond motifs is 1. The third-order valence-corrected chi connectivity index (χ3v) is 4.67. The highest BCUT2D eigenvalue weighted by molar-refractivity contribution is 7.17. The molecule has 3 rings (SSSR count). The molecule has 0 saturated heterocycles. The molecule has 22 heavy (non-hydrogen) atoms. The van der Waals surface area contributed by atoms with E-state index in [-0.39, 0.29) is 18.0 Å². The molecule has 3 aromatic rings. The molecule has 112 valence electrons. The molecule has 5 heteroatoms. The van der Waals surface area contributed by atoms with Crippen LogP contribution in [0.4, 0.5) is 5.69 Å². The minimum atomic E-state index is -0.203. The average Bonchev–Trinajstić information content (AvgIpc) is 2.96. The van der Waals surface area contributed by atoms with Gasteiger partial charge in [-0.2, -0.15) is 0 Å². The molecule has 0 aliphatic carbocycles. The first-order chi connectivity index (χ1) is 10.6. The van der Waals surface area contributed by atoms with Crippen molar-refractivity contribution in [2.45, 2.75) is 20.4 Å². The van der Waals surface area contributed by atoms with Gasteiger partial charge < -0.3 is 9.88 Å². The van der Waals surface area contributed by atoms with Crippen molar-refractivity contribution in [1.82, 2.24) is 4.57 Å². The van der Waals surface area contributed by atoms with Gasteiger partial charge in [0.05, 0.1) is 5.39 Å². The predicted molar refractivity (Wildman–Crippen MR) is 90.6 cm³/mol. The molecule has 1 aromatic carbocycles. The number of nitrogens with one attached hydrogen (secondary N) is 1. The summed E-state index contributed by atoms with van der Waals surface area (Å²) in [6, 6.07) is 9.43. The minimum Gasteiger partial charge on any atom is -0.324 e. The molecule has 4 nitrogen and oxygen atoms in total. The number of amides is 1. The fourth-order valence-electron chi connectivity index (χ4n) is 2.36. The summed E-state index contributed by atoms with van der Waals surface area (Å²) in [5.41, 5.74) is 2.82. The van der Waals surface area contributed by atoms with Crippen LogP contribution in [-0.2, 0) is 11.3 Å². The molecule has 0 aliphatic rings. The fourth-order valence-corrected chi connectivity index (χ4v) is 3.13. The van der Waals surface area contributed by atoms with Crippen molar-refractivity contribution in [1.29, 1.82) is 0 Å². The lowest BCUT2D eigenvalue weighted by molar-refractivity contribution is -0.116. The maximum absolute atomic E-state index is 12.3. The highest BCUT2D eigenvalue weighted by Crippen LogP contribution is 2.18. The summed E-state index contributed by atoms with van der Waals surface area (Å²) in [6.45, 7) is 3.98. The number of carbonyl (C=O) groups excluding carboxylic acids is 1. The molecule has 1 N–H and O–H groups in total. The maximum Gasteiger partial charge on any atom is 0.259 e. The Hall–Kier alpha value is -2.40. The van der Waals surface area contributed by atoms with Gasteiger partial charge in [0, 0.05) is 16.6 Å². The van der Waals surface area contributed by atoms with Gasteiger partial charge >= 0.3 is 0 Å². The number of hydrogen-bond acceptors (Lipinski definition) is 3. The van der Waals surface area contributed by atoms with Gasteiger partial charge in [0.2, 0.25) is 5.91 Å². The molecule has 0 bridgehead atoms. The molecule has 0 fully saturated rings. The Labute approximate surface area is 132 Å². The summed E-state index contributed by atoms with van der Waals surface area (Å²) in [5.74, 6) is -0.203. The second-order valence-corrected chi connectivity index (χ2v) is 6.19. The Morgan fingerprint density at radius 2 is 2.05 bits per heavy atom. The molecule has 0 spiro atoms. The summed E-state index contributed by atoms with van der Waals surface area (Å²) in [4.78, 5) is 24.5. The second-order valence-electron chi connectivity index (χ2n) is 5.24. The Morgan fingerprint density at radius 1 is 1.23 bits per heavy atom. The number of nitrogens with zero attached hydrogens (tertiary/aromatic N) is 1. The summed E-state index contributed by atoms with van der Waals surface area (Å²) in [6.07, 6.45) is 1.67. The van der Waals surface area contributed by atoms with Crippen LogP contribution in [0.1, 0.15) is 11.1 Å². The normalized spacial score (nSPS) is 10.8. The van der Waals surface area contributed by atoms with Crippen LogP contribution in [0.5, 0.6) is 0 Å². The maximum atomic E-state index is 12.3. The van der Waals surface area contributed by atoms with Crippen molar-refractivity contribution in [3.05, 3.63) is 63.4 Å². The lowest BCUT2D eigenvalue weighted by Crippen LogP contribution is -2.27. The Balaban J connectivity index is 1.83. The number of carbonyl (C=O) groups is 1. The number of pyridine rings is 1. The van der Waals surface area contributed by atoms with Gasteiger partial charge in [-0.1, -0.05) is 12.1 Å². The molecule has 0 aliphatic heterocycles. The molecule has 0 atom stereocenters. The van der Waals surface area contributed by atoms with Crippen LogP contribution < -0.4 is 10.9 Å². The van der Waals surface area contributed by atoms with Gasteiger partial charge in [0.25, 0.3) is 5.56 Å². The van der Waals surface area contributed by atoms with E-state index in [1.807, 2.05) is 43.5 Å². The van der Waals surface area contributed by atoms with E-state index < -0.39 is 0 Å². The number of benzene rings is 1. The van der Waals surface area contributed by atoms with Crippen LogP contribution in [0.2, 0.25) is 0 Å². The lowest BCUT2D eigenvalue weighted by Gasteiger charge is -2.11. The van der Waals surface area contributed by atoms with Crippen molar-refractivity contribution in [3.63, 3.8) is 0 Å². The van der Waals surface area contributed by atoms with Crippen LogP contribution in [-0.4, -0.2) is 10.5 Å². The molecule has 2 heterocycles. The Bertz CT molecular complexity index is 908. The van der Waals surface area contributed by atoms with Gasteiger partial charge in [-0.05, 0) is 48.6 Å². The van der Waals surface area contributed by atoms with Gasteiger partial charge in [0.1, 0.15) is 6.54 Å². The number of rotatable bonds is 3. The Morgan fingerprint density at radius 3 is 2.86 bits per heavy atom. The van der Waals surface area contributed by atoms with Crippen LogP contribution in [0.3, 0.4) is 0 Å². The highest BCUT2D eigenvalue weighted by Gasteiger charge is 2.09. The zero-order valence-electron chi connectivity index (χ0n) is 12.4. The number of thiophene rings is 1. The molecule has 0 saturated carbocycles. The first kappa shape index (κ1) is 14.5. The van der Waals surface area contributed by atoms with Gasteiger partial charge in [0.15, 0.2) is 0 Å².